The van der Waals surface area contributed by atoms with E-state index in [1.54, 1.807) is 18.9 Å². The van der Waals surface area contributed by atoms with Crippen molar-refractivity contribution in [2.24, 2.45) is 5.92 Å². The molecule has 0 bridgehead atoms. The highest BCUT2D eigenvalue weighted by Gasteiger charge is 2.28. The van der Waals surface area contributed by atoms with Crippen molar-refractivity contribution in [2.45, 2.75) is 24.3 Å². The molecular weight excluding hydrogens is 394 g/mol. The van der Waals surface area contributed by atoms with Gasteiger partial charge in [-0.1, -0.05) is 18.2 Å². The molecule has 1 atom stereocenters. The number of carbonyl (C=O) groups is 1. The molecule has 0 spiro atoms. The third kappa shape index (κ3) is 4.45. The molecule has 0 aliphatic carbocycles. The third-order valence-corrected chi connectivity index (χ3v) is 6.54. The highest BCUT2D eigenvalue weighted by molar-refractivity contribution is 7.98. The zero-order valence-electron chi connectivity index (χ0n) is 17.4. The van der Waals surface area contributed by atoms with Crippen molar-refractivity contribution in [1.82, 2.24) is 15.1 Å². The number of ketones is 1. The van der Waals surface area contributed by atoms with Crippen molar-refractivity contribution in [3.63, 3.8) is 0 Å². The van der Waals surface area contributed by atoms with Crippen molar-refractivity contribution in [3.05, 3.63) is 65.9 Å². The van der Waals surface area contributed by atoms with Crippen LogP contribution in [0.25, 0.3) is 11.3 Å². The van der Waals surface area contributed by atoms with Crippen LogP contribution < -0.4 is 4.74 Å². The van der Waals surface area contributed by atoms with Crippen LogP contribution in [0, 0.1) is 5.92 Å². The van der Waals surface area contributed by atoms with Gasteiger partial charge in [0.2, 0.25) is 0 Å². The lowest BCUT2D eigenvalue weighted by Crippen LogP contribution is -2.38. The van der Waals surface area contributed by atoms with Gasteiger partial charge >= 0.3 is 0 Å². The van der Waals surface area contributed by atoms with E-state index in [4.69, 9.17) is 4.74 Å². The fourth-order valence-electron chi connectivity index (χ4n) is 4.16. The van der Waals surface area contributed by atoms with E-state index in [1.165, 1.54) is 0 Å². The van der Waals surface area contributed by atoms with Crippen LogP contribution in [0.4, 0.5) is 0 Å². The number of benzene rings is 2. The number of rotatable bonds is 7. The topological polar surface area (TPSA) is 58.2 Å². The Bertz CT molecular complexity index is 1000. The van der Waals surface area contributed by atoms with Gasteiger partial charge in [0.05, 0.1) is 19.0 Å². The van der Waals surface area contributed by atoms with Crippen LogP contribution in [0.2, 0.25) is 0 Å². The number of hydrogen-bond acceptors (Lipinski definition) is 5. The molecule has 1 N–H and O–H groups in total. The summed E-state index contributed by atoms with van der Waals surface area (Å²) in [7, 11) is 1.67. The van der Waals surface area contributed by atoms with Gasteiger partial charge in [0.25, 0.3) is 0 Å². The molecule has 3 aromatic rings. The lowest BCUT2D eigenvalue weighted by atomic mass is 9.89. The Labute approximate surface area is 181 Å². The quantitative estimate of drug-likeness (QED) is 0.434. The third-order valence-electron chi connectivity index (χ3n) is 5.74. The zero-order chi connectivity index (χ0) is 20.9. The molecule has 5 nitrogen and oxygen atoms in total. The molecule has 1 aliphatic rings. The van der Waals surface area contributed by atoms with Crippen LogP contribution in [0.1, 0.15) is 28.8 Å². The molecule has 1 aliphatic heterocycles. The summed E-state index contributed by atoms with van der Waals surface area (Å²) in [4.78, 5) is 16.7. The lowest BCUT2D eigenvalue weighted by molar-refractivity contribution is 0.0809. The molecule has 1 saturated heterocycles. The predicted molar refractivity (Wildman–Crippen MR) is 121 cm³/mol. The molecule has 0 radical (unpaired) electrons. The van der Waals surface area contributed by atoms with Crippen LogP contribution in [0.3, 0.4) is 0 Å². The van der Waals surface area contributed by atoms with E-state index in [9.17, 15) is 4.79 Å². The van der Waals surface area contributed by atoms with E-state index in [0.29, 0.717) is 0 Å². The fourth-order valence-corrected chi connectivity index (χ4v) is 4.76. The van der Waals surface area contributed by atoms with Gasteiger partial charge in [-0.25, -0.2) is 0 Å². The Hall–Kier alpha value is -2.57. The fraction of sp³-hybridized carbons (Fsp3) is 0.333. The second kappa shape index (κ2) is 9.49. The predicted octanol–water partition coefficient (Wildman–Crippen LogP) is 4.90. The van der Waals surface area contributed by atoms with E-state index in [-0.39, 0.29) is 11.7 Å². The molecule has 2 heterocycles. The minimum absolute atomic E-state index is 0.0448. The van der Waals surface area contributed by atoms with Crippen LogP contribution in [-0.2, 0) is 6.54 Å². The summed E-state index contributed by atoms with van der Waals surface area (Å²) in [5.74, 6) is 1.15. The van der Waals surface area contributed by atoms with Crippen LogP contribution >= 0.6 is 11.8 Å². The summed E-state index contributed by atoms with van der Waals surface area (Å²) < 4.78 is 5.26. The van der Waals surface area contributed by atoms with E-state index in [2.05, 4.69) is 15.1 Å². The highest BCUT2D eigenvalue weighted by atomic mass is 32.2. The Balaban J connectivity index is 1.47. The normalized spacial score (nSPS) is 17.1. The number of thioether (sulfide) groups is 1. The number of nitrogens with zero attached hydrogens (tertiary/aromatic N) is 2. The van der Waals surface area contributed by atoms with E-state index in [1.807, 2.05) is 61.0 Å². The molecule has 0 saturated carbocycles. The van der Waals surface area contributed by atoms with Crippen molar-refractivity contribution in [3.8, 4) is 17.0 Å². The van der Waals surface area contributed by atoms with Gasteiger partial charge in [0.15, 0.2) is 5.78 Å². The number of methoxy groups -OCH3 is 1. The molecule has 1 aromatic heterocycles. The van der Waals surface area contributed by atoms with Crippen LogP contribution in [0.5, 0.6) is 5.75 Å². The molecule has 4 rings (SSSR count). The maximum Gasteiger partial charge on any atom is 0.168 e. The summed E-state index contributed by atoms with van der Waals surface area (Å²) in [6.07, 6.45) is 5.91. The number of H-pyrrole nitrogens is 1. The van der Waals surface area contributed by atoms with Crippen LogP contribution in [-0.4, -0.2) is 47.3 Å². The summed E-state index contributed by atoms with van der Waals surface area (Å²) in [5, 5.41) is 7.42. The lowest BCUT2D eigenvalue weighted by Gasteiger charge is -2.32. The van der Waals surface area contributed by atoms with Crippen molar-refractivity contribution in [2.75, 3.05) is 26.5 Å². The molecule has 30 heavy (non-hydrogen) atoms. The van der Waals surface area contributed by atoms with Gasteiger partial charge in [-0.3, -0.25) is 14.8 Å². The van der Waals surface area contributed by atoms with Crippen molar-refractivity contribution < 1.29 is 9.53 Å². The van der Waals surface area contributed by atoms with Crippen molar-refractivity contribution >= 4 is 17.5 Å². The first-order valence-electron chi connectivity index (χ1n) is 10.3. The minimum Gasteiger partial charge on any atom is -0.497 e. The Morgan fingerprint density at radius 1 is 1.23 bits per heavy atom. The first-order chi connectivity index (χ1) is 14.7. The minimum atomic E-state index is 0.0448. The smallest absolute Gasteiger partial charge is 0.168 e. The average Bonchev–Trinajstić information content (AvgIpc) is 3.26. The zero-order valence-corrected chi connectivity index (χ0v) is 18.2. The Morgan fingerprint density at radius 3 is 2.80 bits per heavy atom. The van der Waals surface area contributed by atoms with E-state index < -0.39 is 0 Å². The van der Waals surface area contributed by atoms with Gasteiger partial charge in [-0.15, -0.1) is 11.8 Å². The van der Waals surface area contributed by atoms with Crippen LogP contribution in [0.15, 0.2) is 59.6 Å². The van der Waals surface area contributed by atoms with Gasteiger partial charge in [-0.05, 0) is 56.0 Å². The van der Waals surface area contributed by atoms with Gasteiger partial charge in [0.1, 0.15) is 5.75 Å². The molecule has 6 heteroatoms. The molecule has 1 fully saturated rings. The highest BCUT2D eigenvalue weighted by Crippen LogP contribution is 2.29. The molecule has 156 valence electrons. The number of ether oxygens (including phenoxy) is 1. The first kappa shape index (κ1) is 20.7. The first-order valence-corrected chi connectivity index (χ1v) is 11.5. The molecular formula is C24H27N3O2S. The number of hydrogen-bond donors (Lipinski definition) is 1. The average molecular weight is 422 g/mol. The number of piperidine rings is 1. The van der Waals surface area contributed by atoms with Gasteiger partial charge in [-0.2, -0.15) is 5.10 Å². The largest absolute Gasteiger partial charge is 0.497 e. The maximum atomic E-state index is 13.2. The monoisotopic (exact) mass is 421 g/mol. The van der Waals surface area contributed by atoms with Gasteiger partial charge in [0, 0.05) is 40.6 Å². The van der Waals surface area contributed by atoms with E-state index >= 15 is 0 Å². The number of Topliss-reactive ketones (excluding diaryl/α,β-unsaturated/α-hetero) is 1. The number of nitrogens with one attached hydrogen (secondary N) is 1. The standard InChI is InChI=1S/C24H27N3O2S/c1-29-20-11-9-17(10-12-20)23-19(14-25-26-23)16-27-13-5-6-18(15-27)24(28)21-7-3-4-8-22(21)30-2/h3-4,7-12,14,18H,5-6,13,15-16H2,1-2H3,(H,25,26)/t18-/m0/s1. The second-order valence-electron chi connectivity index (χ2n) is 7.64. The summed E-state index contributed by atoms with van der Waals surface area (Å²) in [5.41, 5.74) is 4.12. The number of aromatic amines is 1. The molecule has 0 unspecified atom stereocenters. The number of aromatic nitrogens is 2. The second-order valence-corrected chi connectivity index (χ2v) is 8.49. The van der Waals surface area contributed by atoms with Gasteiger partial charge < -0.3 is 4.74 Å². The molecule has 2 aromatic carbocycles. The Kier molecular flexibility index (Phi) is 6.55. The number of carbonyl (C=O) groups excluding carboxylic acids is 1. The summed E-state index contributed by atoms with van der Waals surface area (Å²) in [6.45, 7) is 2.57. The number of likely N-dealkylation sites (tertiary alicyclic amines) is 1. The maximum absolute atomic E-state index is 13.2. The summed E-state index contributed by atoms with van der Waals surface area (Å²) in [6, 6.07) is 15.9. The Morgan fingerprint density at radius 2 is 2.03 bits per heavy atom. The molecule has 0 amide bonds. The van der Waals surface area contributed by atoms with E-state index in [0.717, 1.165) is 65.5 Å². The SMILES string of the molecule is COc1ccc(-c2[nH]ncc2CN2CCC[C@H](C(=O)c3ccccc3SC)C2)cc1. The van der Waals surface area contributed by atoms with Crippen molar-refractivity contribution in [1.29, 1.82) is 0 Å². The summed E-state index contributed by atoms with van der Waals surface area (Å²) >= 11 is 1.64.